The molecule has 0 saturated heterocycles. The van der Waals surface area contributed by atoms with Gasteiger partial charge >= 0.3 is 0 Å². The Bertz CT molecular complexity index is 433. The highest BCUT2D eigenvalue weighted by atomic mass is 16.2. The number of carbonyl (C=O) groups excluding carboxylic acids is 2. The van der Waals surface area contributed by atoms with Crippen molar-refractivity contribution >= 4 is 17.6 Å². The number of rotatable bonds is 4. The van der Waals surface area contributed by atoms with Gasteiger partial charge in [0.1, 0.15) is 0 Å². The Hall–Kier alpha value is -1.89. The molecule has 7 nitrogen and oxygen atoms in total. The minimum atomic E-state index is -0.373. The van der Waals surface area contributed by atoms with Crippen LogP contribution in [-0.2, 0) is 15.0 Å². The average Bonchev–Trinajstić information content (AvgIpc) is 2.74. The summed E-state index contributed by atoms with van der Waals surface area (Å²) in [6, 6.07) is 1.77. The Balaban J connectivity index is 2.50. The number of aromatic nitrogens is 2. The summed E-state index contributed by atoms with van der Waals surface area (Å²) in [5.74, 6) is -0.279. The molecule has 0 bridgehead atoms. The first-order valence-corrected chi connectivity index (χ1v) is 5.65. The number of nitrogens with one attached hydrogen (secondary N) is 3. The van der Waals surface area contributed by atoms with Crippen LogP contribution in [0.4, 0.5) is 5.82 Å². The van der Waals surface area contributed by atoms with Crippen LogP contribution in [0.3, 0.4) is 0 Å². The molecular weight excluding hydrogens is 234 g/mol. The molecule has 0 aromatic carbocycles. The van der Waals surface area contributed by atoms with Crippen LogP contribution in [0.25, 0.3) is 0 Å². The third kappa shape index (κ3) is 4.17. The van der Waals surface area contributed by atoms with E-state index in [1.165, 1.54) is 0 Å². The lowest BCUT2D eigenvalue weighted by Gasteiger charge is -2.14. The minimum absolute atomic E-state index is 0.0657. The number of nitrogens with zero attached hydrogens (tertiary/aromatic N) is 1. The molecule has 100 valence electrons. The van der Waals surface area contributed by atoms with Gasteiger partial charge < -0.3 is 16.4 Å². The molecule has 2 amide bonds. The van der Waals surface area contributed by atoms with Gasteiger partial charge in [-0.1, -0.05) is 20.8 Å². The monoisotopic (exact) mass is 253 g/mol. The van der Waals surface area contributed by atoms with E-state index in [4.69, 9.17) is 5.73 Å². The fourth-order valence-corrected chi connectivity index (χ4v) is 1.21. The second kappa shape index (κ2) is 5.63. The van der Waals surface area contributed by atoms with Crippen LogP contribution in [-0.4, -0.2) is 35.1 Å². The molecule has 0 fully saturated rings. The van der Waals surface area contributed by atoms with Crippen molar-refractivity contribution in [3.05, 3.63) is 11.8 Å². The third-order valence-electron chi connectivity index (χ3n) is 2.28. The molecule has 0 spiro atoms. The number of carbonyl (C=O) groups is 2. The first kappa shape index (κ1) is 14.2. The molecule has 0 aliphatic carbocycles. The van der Waals surface area contributed by atoms with Crippen molar-refractivity contribution in [3.63, 3.8) is 0 Å². The Morgan fingerprint density at radius 2 is 2.06 bits per heavy atom. The number of nitrogens with two attached hydrogens (primary N) is 1. The van der Waals surface area contributed by atoms with Crippen LogP contribution in [0.2, 0.25) is 0 Å². The van der Waals surface area contributed by atoms with Crippen LogP contribution in [0.15, 0.2) is 6.07 Å². The minimum Gasteiger partial charge on any atom is -0.346 e. The number of amides is 2. The number of H-pyrrole nitrogens is 1. The molecular formula is C11H19N5O2. The molecule has 1 aromatic heterocycles. The van der Waals surface area contributed by atoms with Crippen LogP contribution >= 0.6 is 0 Å². The molecule has 0 saturated carbocycles. The van der Waals surface area contributed by atoms with Crippen LogP contribution in [0, 0.1) is 0 Å². The van der Waals surface area contributed by atoms with Gasteiger partial charge in [0.15, 0.2) is 5.82 Å². The molecule has 0 aliphatic rings. The summed E-state index contributed by atoms with van der Waals surface area (Å²) in [6.07, 6.45) is 0. The second-order valence-electron chi connectivity index (χ2n) is 4.95. The lowest BCUT2D eigenvalue weighted by Crippen LogP contribution is -2.36. The number of hydrogen-bond donors (Lipinski definition) is 4. The van der Waals surface area contributed by atoms with Crippen molar-refractivity contribution in [2.45, 2.75) is 26.2 Å². The third-order valence-corrected chi connectivity index (χ3v) is 2.28. The summed E-state index contributed by atoms with van der Waals surface area (Å²) < 4.78 is 0. The lowest BCUT2D eigenvalue weighted by molar-refractivity contribution is -0.123. The lowest BCUT2D eigenvalue weighted by atomic mass is 9.92. The van der Waals surface area contributed by atoms with Gasteiger partial charge in [-0.05, 0) is 0 Å². The average molecular weight is 253 g/mol. The van der Waals surface area contributed by atoms with E-state index in [1.807, 2.05) is 20.8 Å². The zero-order chi connectivity index (χ0) is 13.8. The maximum Gasteiger partial charge on any atom is 0.244 e. The van der Waals surface area contributed by atoms with Crippen molar-refractivity contribution in [2.75, 3.05) is 18.4 Å². The SMILES string of the molecule is CC(C)(C)c1cc(NC(=O)CNC(=O)CN)n[nH]1. The highest BCUT2D eigenvalue weighted by Crippen LogP contribution is 2.21. The number of aromatic amines is 1. The zero-order valence-electron chi connectivity index (χ0n) is 10.8. The molecule has 1 aromatic rings. The van der Waals surface area contributed by atoms with Gasteiger partial charge in [-0.3, -0.25) is 14.7 Å². The predicted molar refractivity (Wildman–Crippen MR) is 68.0 cm³/mol. The molecule has 18 heavy (non-hydrogen) atoms. The molecule has 0 aliphatic heterocycles. The van der Waals surface area contributed by atoms with Crippen molar-refractivity contribution in [2.24, 2.45) is 5.73 Å². The van der Waals surface area contributed by atoms with E-state index in [0.29, 0.717) is 5.82 Å². The molecule has 7 heteroatoms. The maximum absolute atomic E-state index is 11.5. The fraction of sp³-hybridized carbons (Fsp3) is 0.545. The number of anilines is 1. The van der Waals surface area contributed by atoms with E-state index in [1.54, 1.807) is 6.07 Å². The first-order valence-electron chi connectivity index (χ1n) is 5.65. The molecule has 0 radical (unpaired) electrons. The summed E-state index contributed by atoms with van der Waals surface area (Å²) in [5, 5.41) is 11.8. The van der Waals surface area contributed by atoms with E-state index in [2.05, 4.69) is 20.8 Å². The maximum atomic E-state index is 11.5. The van der Waals surface area contributed by atoms with Crippen LogP contribution in [0.1, 0.15) is 26.5 Å². The van der Waals surface area contributed by atoms with E-state index >= 15 is 0 Å². The van der Waals surface area contributed by atoms with Gasteiger partial charge in [-0.15, -0.1) is 0 Å². The molecule has 1 rings (SSSR count). The Kier molecular flexibility index (Phi) is 4.43. The molecule has 1 heterocycles. The quantitative estimate of drug-likeness (QED) is 0.591. The Labute approximate surface area is 106 Å². The molecule has 5 N–H and O–H groups in total. The topological polar surface area (TPSA) is 113 Å². The van der Waals surface area contributed by atoms with Gasteiger partial charge in [0, 0.05) is 17.2 Å². The van der Waals surface area contributed by atoms with E-state index < -0.39 is 0 Å². The van der Waals surface area contributed by atoms with E-state index in [-0.39, 0.29) is 30.3 Å². The Morgan fingerprint density at radius 3 is 2.56 bits per heavy atom. The zero-order valence-corrected chi connectivity index (χ0v) is 10.8. The molecule has 0 atom stereocenters. The summed E-state index contributed by atoms with van der Waals surface area (Å²) in [6.45, 7) is 5.85. The smallest absolute Gasteiger partial charge is 0.244 e. The van der Waals surface area contributed by atoms with Gasteiger partial charge in [0.25, 0.3) is 0 Å². The predicted octanol–water partition coefficient (Wildman–Crippen LogP) is -0.279. The van der Waals surface area contributed by atoms with Gasteiger partial charge in [0.2, 0.25) is 11.8 Å². The Morgan fingerprint density at radius 1 is 1.39 bits per heavy atom. The van der Waals surface area contributed by atoms with Gasteiger partial charge in [-0.2, -0.15) is 5.10 Å². The summed E-state index contributed by atoms with van der Waals surface area (Å²) in [4.78, 5) is 22.3. The van der Waals surface area contributed by atoms with Crippen LogP contribution < -0.4 is 16.4 Å². The highest BCUT2D eigenvalue weighted by molar-refractivity contribution is 5.94. The van der Waals surface area contributed by atoms with Crippen molar-refractivity contribution in [1.82, 2.24) is 15.5 Å². The van der Waals surface area contributed by atoms with Crippen molar-refractivity contribution in [1.29, 1.82) is 0 Å². The van der Waals surface area contributed by atoms with Crippen LogP contribution in [0.5, 0.6) is 0 Å². The summed E-state index contributed by atoms with van der Waals surface area (Å²) >= 11 is 0. The van der Waals surface area contributed by atoms with Crippen molar-refractivity contribution < 1.29 is 9.59 Å². The van der Waals surface area contributed by atoms with Crippen molar-refractivity contribution in [3.8, 4) is 0 Å². The fourth-order valence-electron chi connectivity index (χ4n) is 1.21. The summed E-state index contributed by atoms with van der Waals surface area (Å²) in [7, 11) is 0. The number of hydrogen-bond acceptors (Lipinski definition) is 4. The standard InChI is InChI=1S/C11H19N5O2/c1-11(2,3)7-4-8(16-15-7)14-10(18)6-13-9(17)5-12/h4H,5-6,12H2,1-3H3,(H,13,17)(H2,14,15,16,18). The molecule has 0 unspecified atom stereocenters. The summed E-state index contributed by atoms with van der Waals surface area (Å²) in [5.41, 5.74) is 5.96. The largest absolute Gasteiger partial charge is 0.346 e. The van der Waals surface area contributed by atoms with Gasteiger partial charge in [-0.25, -0.2) is 0 Å². The normalized spacial score (nSPS) is 11.1. The second-order valence-corrected chi connectivity index (χ2v) is 4.95. The first-order chi connectivity index (χ1) is 8.32. The van der Waals surface area contributed by atoms with E-state index in [9.17, 15) is 9.59 Å². The van der Waals surface area contributed by atoms with E-state index in [0.717, 1.165) is 5.69 Å². The van der Waals surface area contributed by atoms with Gasteiger partial charge in [0.05, 0.1) is 13.1 Å². The highest BCUT2D eigenvalue weighted by Gasteiger charge is 2.17.